The first-order valence-electron chi connectivity index (χ1n) is 6.03. The number of rotatable bonds is 3. The lowest BCUT2D eigenvalue weighted by atomic mass is 9.97. The molecular weight excluding hydrogens is 190 g/mol. The van der Waals surface area contributed by atoms with Crippen LogP contribution in [0.4, 0.5) is 0 Å². The highest BCUT2D eigenvalue weighted by Gasteiger charge is 2.31. The maximum absolute atomic E-state index is 11.4. The minimum absolute atomic E-state index is 0.119. The summed E-state index contributed by atoms with van der Waals surface area (Å²) in [4.78, 5) is 14.0. The smallest absolute Gasteiger partial charge is 0.221 e. The summed E-state index contributed by atoms with van der Waals surface area (Å²) in [6.45, 7) is 2.86. The molecule has 86 valence electrons. The molecule has 2 aliphatic heterocycles. The summed E-state index contributed by atoms with van der Waals surface area (Å²) in [5.74, 6) is 0.119. The topological polar surface area (TPSA) is 58.4 Å². The summed E-state index contributed by atoms with van der Waals surface area (Å²) in [6, 6.07) is 1.12. The Morgan fingerprint density at radius 2 is 2.27 bits per heavy atom. The Hall–Kier alpha value is -0.610. The van der Waals surface area contributed by atoms with Crippen LogP contribution in [0.2, 0.25) is 0 Å². The lowest BCUT2D eigenvalue weighted by Gasteiger charge is -2.35. The van der Waals surface area contributed by atoms with Crippen LogP contribution >= 0.6 is 0 Å². The van der Waals surface area contributed by atoms with Gasteiger partial charge < -0.3 is 16.0 Å². The normalized spacial score (nSPS) is 31.3. The van der Waals surface area contributed by atoms with Gasteiger partial charge in [0, 0.05) is 31.6 Å². The third-order valence-electron chi connectivity index (χ3n) is 3.56. The van der Waals surface area contributed by atoms with Crippen LogP contribution < -0.4 is 11.1 Å². The van der Waals surface area contributed by atoms with E-state index < -0.39 is 0 Å². The van der Waals surface area contributed by atoms with Crippen molar-refractivity contribution in [3.05, 3.63) is 0 Å². The summed E-state index contributed by atoms with van der Waals surface area (Å²) in [7, 11) is 0. The number of carbonyl (C=O) groups is 1. The summed E-state index contributed by atoms with van der Waals surface area (Å²) in [6.07, 6.45) is 5.34. The number of nitrogens with one attached hydrogen (secondary N) is 1. The molecule has 4 heteroatoms. The summed E-state index contributed by atoms with van der Waals surface area (Å²) < 4.78 is 0. The molecule has 15 heavy (non-hydrogen) atoms. The molecule has 2 rings (SSSR count). The first-order chi connectivity index (χ1) is 7.29. The van der Waals surface area contributed by atoms with Gasteiger partial charge >= 0.3 is 0 Å². The quantitative estimate of drug-likeness (QED) is 0.695. The highest BCUT2D eigenvalue weighted by atomic mass is 16.1. The van der Waals surface area contributed by atoms with Gasteiger partial charge in [0.25, 0.3) is 0 Å². The second-order valence-corrected chi connectivity index (χ2v) is 4.66. The van der Waals surface area contributed by atoms with Crippen molar-refractivity contribution in [3.63, 3.8) is 0 Å². The van der Waals surface area contributed by atoms with E-state index in [-0.39, 0.29) is 5.91 Å². The van der Waals surface area contributed by atoms with Crippen molar-refractivity contribution in [2.45, 2.75) is 44.2 Å². The molecule has 1 amide bonds. The van der Waals surface area contributed by atoms with Crippen LogP contribution in [0.25, 0.3) is 0 Å². The number of amides is 1. The number of hydrogen-bond donors (Lipinski definition) is 2. The van der Waals surface area contributed by atoms with Gasteiger partial charge in [-0.2, -0.15) is 0 Å². The Morgan fingerprint density at radius 3 is 3.07 bits per heavy atom. The van der Waals surface area contributed by atoms with Gasteiger partial charge in [0.1, 0.15) is 0 Å². The summed E-state index contributed by atoms with van der Waals surface area (Å²) >= 11 is 0. The predicted molar refractivity (Wildman–Crippen MR) is 59.4 cm³/mol. The zero-order valence-corrected chi connectivity index (χ0v) is 9.24. The standard InChI is InChI=1S/C11H21N3O/c12-5-3-11(15)13-9-4-7-14-6-1-2-10(14)8-9/h9-10H,1-8,12H2,(H,13,15). The SMILES string of the molecule is NCCC(=O)NC1CCN2CCCC2C1. The Balaban J connectivity index is 1.77. The van der Waals surface area contributed by atoms with Crippen LogP contribution in [0.3, 0.4) is 0 Å². The van der Waals surface area contributed by atoms with Crippen molar-refractivity contribution < 1.29 is 4.79 Å². The third-order valence-corrected chi connectivity index (χ3v) is 3.56. The fourth-order valence-corrected chi connectivity index (χ4v) is 2.79. The summed E-state index contributed by atoms with van der Waals surface area (Å²) in [5, 5.41) is 3.09. The molecule has 0 aromatic heterocycles. The lowest BCUT2D eigenvalue weighted by molar-refractivity contribution is -0.122. The predicted octanol–water partition coefficient (Wildman–Crippen LogP) is 0.0782. The van der Waals surface area contributed by atoms with E-state index in [4.69, 9.17) is 5.73 Å². The minimum atomic E-state index is 0.119. The van der Waals surface area contributed by atoms with E-state index in [0.29, 0.717) is 19.0 Å². The monoisotopic (exact) mass is 211 g/mol. The van der Waals surface area contributed by atoms with Gasteiger partial charge in [0.15, 0.2) is 0 Å². The number of nitrogens with two attached hydrogens (primary N) is 1. The maximum Gasteiger partial charge on any atom is 0.221 e. The van der Waals surface area contributed by atoms with Gasteiger partial charge in [-0.15, -0.1) is 0 Å². The van der Waals surface area contributed by atoms with Crippen molar-refractivity contribution in [1.82, 2.24) is 10.2 Å². The van der Waals surface area contributed by atoms with E-state index >= 15 is 0 Å². The highest BCUT2D eigenvalue weighted by molar-refractivity contribution is 5.76. The Morgan fingerprint density at radius 1 is 1.40 bits per heavy atom. The molecule has 0 saturated carbocycles. The molecule has 2 aliphatic rings. The molecule has 0 spiro atoms. The molecule has 0 radical (unpaired) electrons. The average Bonchev–Trinajstić information content (AvgIpc) is 2.65. The van der Waals surface area contributed by atoms with Gasteiger partial charge in [-0.25, -0.2) is 0 Å². The van der Waals surface area contributed by atoms with Gasteiger partial charge in [-0.3, -0.25) is 4.79 Å². The number of carbonyl (C=O) groups excluding carboxylic acids is 1. The molecular formula is C11H21N3O. The Labute approximate surface area is 91.2 Å². The fraction of sp³-hybridized carbons (Fsp3) is 0.909. The molecule has 4 nitrogen and oxygen atoms in total. The zero-order chi connectivity index (χ0) is 10.7. The second-order valence-electron chi connectivity index (χ2n) is 4.66. The summed E-state index contributed by atoms with van der Waals surface area (Å²) in [5.41, 5.74) is 5.35. The van der Waals surface area contributed by atoms with Gasteiger partial charge in [-0.1, -0.05) is 0 Å². The van der Waals surface area contributed by atoms with Crippen molar-refractivity contribution >= 4 is 5.91 Å². The van der Waals surface area contributed by atoms with Crippen LogP contribution in [0, 0.1) is 0 Å². The van der Waals surface area contributed by atoms with Crippen molar-refractivity contribution in [3.8, 4) is 0 Å². The van der Waals surface area contributed by atoms with E-state index in [2.05, 4.69) is 10.2 Å². The van der Waals surface area contributed by atoms with E-state index in [1.807, 2.05) is 0 Å². The molecule has 2 unspecified atom stereocenters. The number of hydrogen-bond acceptors (Lipinski definition) is 3. The lowest BCUT2D eigenvalue weighted by Crippen LogP contribution is -2.47. The van der Waals surface area contributed by atoms with Crippen molar-refractivity contribution in [2.75, 3.05) is 19.6 Å². The number of fused-ring (bicyclic) bond motifs is 1. The van der Waals surface area contributed by atoms with E-state index in [1.165, 1.54) is 19.4 Å². The molecule has 2 fully saturated rings. The maximum atomic E-state index is 11.4. The molecule has 0 aromatic carbocycles. The van der Waals surface area contributed by atoms with Crippen LogP contribution in [0.15, 0.2) is 0 Å². The molecule has 0 aromatic rings. The number of nitrogens with zero attached hydrogens (tertiary/aromatic N) is 1. The fourth-order valence-electron chi connectivity index (χ4n) is 2.79. The minimum Gasteiger partial charge on any atom is -0.353 e. The van der Waals surface area contributed by atoms with E-state index in [0.717, 1.165) is 25.4 Å². The third kappa shape index (κ3) is 2.69. The van der Waals surface area contributed by atoms with Crippen LogP contribution in [0.1, 0.15) is 32.1 Å². The molecule has 0 aliphatic carbocycles. The first-order valence-corrected chi connectivity index (χ1v) is 6.03. The average molecular weight is 211 g/mol. The Bertz CT molecular complexity index is 232. The molecule has 2 saturated heterocycles. The van der Waals surface area contributed by atoms with Crippen molar-refractivity contribution in [2.24, 2.45) is 5.73 Å². The molecule has 2 atom stereocenters. The van der Waals surface area contributed by atoms with E-state index in [1.54, 1.807) is 0 Å². The molecule has 3 N–H and O–H groups in total. The van der Waals surface area contributed by atoms with Crippen molar-refractivity contribution in [1.29, 1.82) is 0 Å². The van der Waals surface area contributed by atoms with Gasteiger partial charge in [0.05, 0.1) is 0 Å². The first kappa shape index (κ1) is 10.9. The Kier molecular flexibility index (Phi) is 3.59. The van der Waals surface area contributed by atoms with Crippen LogP contribution in [-0.2, 0) is 4.79 Å². The molecule has 0 bridgehead atoms. The largest absolute Gasteiger partial charge is 0.353 e. The van der Waals surface area contributed by atoms with Gasteiger partial charge in [-0.05, 0) is 32.2 Å². The second kappa shape index (κ2) is 4.94. The number of piperidine rings is 1. The zero-order valence-electron chi connectivity index (χ0n) is 9.24. The van der Waals surface area contributed by atoms with E-state index in [9.17, 15) is 4.79 Å². The highest BCUT2D eigenvalue weighted by Crippen LogP contribution is 2.26. The molecule has 2 heterocycles. The van der Waals surface area contributed by atoms with Crippen LogP contribution in [0.5, 0.6) is 0 Å². The van der Waals surface area contributed by atoms with Crippen LogP contribution in [-0.4, -0.2) is 42.5 Å². The van der Waals surface area contributed by atoms with Gasteiger partial charge in [0.2, 0.25) is 5.91 Å².